The summed E-state index contributed by atoms with van der Waals surface area (Å²) < 4.78 is 0. The van der Waals surface area contributed by atoms with Crippen molar-refractivity contribution in [3.63, 3.8) is 0 Å². The topological polar surface area (TPSA) is 32.3 Å². The summed E-state index contributed by atoms with van der Waals surface area (Å²) in [6.45, 7) is 4.51. The number of hydrogen-bond acceptors (Lipinski definition) is 3. The number of nitrogens with one attached hydrogen (secondary N) is 1. The zero-order chi connectivity index (χ0) is 13.1. The lowest BCUT2D eigenvalue weighted by atomic mass is 9.94. The maximum absolute atomic E-state index is 11.9. The molecule has 1 aromatic heterocycles. The van der Waals surface area contributed by atoms with Crippen LogP contribution >= 0.6 is 11.3 Å². The zero-order valence-electron chi connectivity index (χ0n) is 11.4. The highest BCUT2D eigenvalue weighted by Gasteiger charge is 2.22. The first-order valence-corrected chi connectivity index (χ1v) is 7.53. The van der Waals surface area contributed by atoms with Gasteiger partial charge in [-0.2, -0.15) is 0 Å². The second-order valence-corrected chi connectivity index (χ2v) is 6.22. The average molecular weight is 266 g/mol. The van der Waals surface area contributed by atoms with Crippen LogP contribution in [0.3, 0.4) is 0 Å². The van der Waals surface area contributed by atoms with E-state index in [1.807, 2.05) is 32.2 Å². The van der Waals surface area contributed by atoms with E-state index >= 15 is 0 Å². The Hall–Kier alpha value is -0.870. The first-order chi connectivity index (χ1) is 8.59. The quantitative estimate of drug-likeness (QED) is 0.908. The molecular formula is C14H22N2OS. The largest absolute Gasteiger partial charge is 0.342 e. The van der Waals surface area contributed by atoms with Crippen molar-refractivity contribution in [1.82, 2.24) is 10.2 Å². The van der Waals surface area contributed by atoms with Crippen molar-refractivity contribution < 1.29 is 4.79 Å². The van der Waals surface area contributed by atoms with Gasteiger partial charge in [-0.15, -0.1) is 11.3 Å². The van der Waals surface area contributed by atoms with Gasteiger partial charge < -0.3 is 10.2 Å². The Labute approximate surface area is 113 Å². The smallest absolute Gasteiger partial charge is 0.236 e. The van der Waals surface area contributed by atoms with Crippen LogP contribution in [0.4, 0.5) is 0 Å². The minimum absolute atomic E-state index is 0.173. The Balaban J connectivity index is 1.91. The van der Waals surface area contributed by atoms with E-state index in [1.54, 1.807) is 4.90 Å². The standard InChI is InChI=1S/C14H22N2OS/c1-10(2)16(3)14(17)9-15-12-5-4-6-13-11(12)7-8-18-13/h7-8,10,12,15H,4-6,9H2,1-3H3. The van der Waals surface area contributed by atoms with Crippen LogP contribution in [-0.4, -0.2) is 30.4 Å². The summed E-state index contributed by atoms with van der Waals surface area (Å²) in [6.07, 6.45) is 3.56. The molecular weight excluding hydrogens is 244 g/mol. The van der Waals surface area contributed by atoms with E-state index in [9.17, 15) is 4.79 Å². The predicted octanol–water partition coefficient (Wildman–Crippen LogP) is 2.58. The summed E-state index contributed by atoms with van der Waals surface area (Å²) in [7, 11) is 1.87. The molecule has 1 atom stereocenters. The van der Waals surface area contributed by atoms with Gasteiger partial charge in [0.25, 0.3) is 0 Å². The predicted molar refractivity (Wildman–Crippen MR) is 75.9 cm³/mol. The summed E-state index contributed by atoms with van der Waals surface area (Å²) in [6, 6.07) is 2.83. The fraction of sp³-hybridized carbons (Fsp3) is 0.643. The second-order valence-electron chi connectivity index (χ2n) is 5.22. The lowest BCUT2D eigenvalue weighted by Crippen LogP contribution is -2.40. The molecule has 0 spiro atoms. The maximum atomic E-state index is 11.9. The average Bonchev–Trinajstić information content (AvgIpc) is 2.83. The number of carbonyl (C=O) groups is 1. The van der Waals surface area contributed by atoms with Gasteiger partial charge in [0.2, 0.25) is 5.91 Å². The van der Waals surface area contributed by atoms with Crippen LogP contribution in [0.5, 0.6) is 0 Å². The van der Waals surface area contributed by atoms with Crippen molar-refractivity contribution in [3.05, 3.63) is 21.9 Å². The van der Waals surface area contributed by atoms with Crippen molar-refractivity contribution in [3.8, 4) is 0 Å². The molecule has 1 heterocycles. The highest BCUT2D eigenvalue weighted by atomic mass is 32.1. The van der Waals surface area contributed by atoms with Crippen molar-refractivity contribution in [2.24, 2.45) is 0 Å². The molecule has 0 aromatic carbocycles. The normalized spacial score (nSPS) is 18.8. The van der Waals surface area contributed by atoms with Gasteiger partial charge in [0.1, 0.15) is 0 Å². The van der Waals surface area contributed by atoms with E-state index in [0.29, 0.717) is 12.6 Å². The van der Waals surface area contributed by atoms with Crippen LogP contribution in [0, 0.1) is 0 Å². The van der Waals surface area contributed by atoms with Crippen LogP contribution in [0.25, 0.3) is 0 Å². The number of aryl methyl sites for hydroxylation is 1. The third-order valence-electron chi connectivity index (χ3n) is 3.72. The van der Waals surface area contributed by atoms with Gasteiger partial charge in [-0.25, -0.2) is 0 Å². The van der Waals surface area contributed by atoms with Crippen LogP contribution in [-0.2, 0) is 11.2 Å². The van der Waals surface area contributed by atoms with Gasteiger partial charge in [0.15, 0.2) is 0 Å². The molecule has 1 unspecified atom stereocenters. The monoisotopic (exact) mass is 266 g/mol. The molecule has 4 heteroatoms. The number of hydrogen-bond donors (Lipinski definition) is 1. The third-order valence-corrected chi connectivity index (χ3v) is 4.72. The van der Waals surface area contributed by atoms with Crippen molar-refractivity contribution in [1.29, 1.82) is 0 Å². The molecule has 1 amide bonds. The fourth-order valence-corrected chi connectivity index (χ4v) is 3.31. The molecule has 0 radical (unpaired) electrons. The number of amides is 1. The van der Waals surface area contributed by atoms with E-state index in [-0.39, 0.29) is 11.9 Å². The molecule has 0 bridgehead atoms. The van der Waals surface area contributed by atoms with E-state index in [4.69, 9.17) is 0 Å². The molecule has 0 aliphatic heterocycles. The van der Waals surface area contributed by atoms with Gasteiger partial charge in [0, 0.05) is 24.0 Å². The Bertz CT molecular complexity index is 414. The number of thiophene rings is 1. The van der Waals surface area contributed by atoms with E-state index in [1.165, 1.54) is 23.3 Å². The molecule has 1 aliphatic carbocycles. The summed E-state index contributed by atoms with van der Waals surface area (Å²) in [4.78, 5) is 15.2. The Morgan fingerprint density at radius 3 is 3.11 bits per heavy atom. The molecule has 0 saturated carbocycles. The molecule has 100 valence electrons. The van der Waals surface area contributed by atoms with Gasteiger partial charge in [-0.3, -0.25) is 4.79 Å². The molecule has 1 aliphatic rings. The Morgan fingerprint density at radius 1 is 1.61 bits per heavy atom. The number of likely N-dealkylation sites (N-methyl/N-ethyl adjacent to an activating group) is 1. The number of carbonyl (C=O) groups excluding carboxylic acids is 1. The van der Waals surface area contributed by atoms with Crippen molar-refractivity contribution in [2.45, 2.75) is 45.2 Å². The second kappa shape index (κ2) is 5.85. The number of fused-ring (bicyclic) bond motifs is 1. The first-order valence-electron chi connectivity index (χ1n) is 6.65. The molecule has 1 aromatic rings. The maximum Gasteiger partial charge on any atom is 0.236 e. The molecule has 0 fully saturated rings. The Morgan fingerprint density at radius 2 is 2.39 bits per heavy atom. The third kappa shape index (κ3) is 2.93. The van der Waals surface area contributed by atoms with Crippen LogP contribution in [0.15, 0.2) is 11.4 Å². The van der Waals surface area contributed by atoms with E-state index in [2.05, 4.69) is 16.8 Å². The van der Waals surface area contributed by atoms with E-state index in [0.717, 1.165) is 6.42 Å². The van der Waals surface area contributed by atoms with Crippen molar-refractivity contribution >= 4 is 17.2 Å². The summed E-state index contributed by atoms with van der Waals surface area (Å²) in [5.74, 6) is 0.173. The van der Waals surface area contributed by atoms with E-state index < -0.39 is 0 Å². The fourth-order valence-electron chi connectivity index (χ4n) is 2.32. The summed E-state index contributed by atoms with van der Waals surface area (Å²) in [5, 5.41) is 5.57. The van der Waals surface area contributed by atoms with Gasteiger partial charge in [-0.05, 0) is 50.1 Å². The SMILES string of the molecule is CC(C)N(C)C(=O)CNC1CCCc2sccc21. The highest BCUT2D eigenvalue weighted by molar-refractivity contribution is 7.10. The highest BCUT2D eigenvalue weighted by Crippen LogP contribution is 2.32. The van der Waals surface area contributed by atoms with Crippen molar-refractivity contribution in [2.75, 3.05) is 13.6 Å². The first kappa shape index (κ1) is 13.6. The number of nitrogens with zero attached hydrogens (tertiary/aromatic N) is 1. The summed E-state index contributed by atoms with van der Waals surface area (Å²) >= 11 is 1.84. The van der Waals surface area contributed by atoms with Crippen LogP contribution < -0.4 is 5.32 Å². The zero-order valence-corrected chi connectivity index (χ0v) is 12.2. The number of rotatable bonds is 4. The Kier molecular flexibility index (Phi) is 4.40. The molecule has 18 heavy (non-hydrogen) atoms. The van der Waals surface area contributed by atoms with Gasteiger partial charge in [0.05, 0.1) is 6.54 Å². The summed E-state index contributed by atoms with van der Waals surface area (Å²) in [5.41, 5.74) is 1.41. The molecule has 3 nitrogen and oxygen atoms in total. The van der Waals surface area contributed by atoms with Gasteiger partial charge >= 0.3 is 0 Å². The lowest BCUT2D eigenvalue weighted by molar-refractivity contribution is -0.130. The lowest BCUT2D eigenvalue weighted by Gasteiger charge is -2.26. The minimum atomic E-state index is 0.173. The molecule has 0 saturated heterocycles. The van der Waals surface area contributed by atoms with Crippen LogP contribution in [0.1, 0.15) is 43.2 Å². The molecule has 1 N–H and O–H groups in total. The minimum Gasteiger partial charge on any atom is -0.342 e. The van der Waals surface area contributed by atoms with Crippen LogP contribution in [0.2, 0.25) is 0 Å². The van der Waals surface area contributed by atoms with Gasteiger partial charge in [-0.1, -0.05) is 0 Å². The molecule has 2 rings (SSSR count).